The van der Waals surface area contributed by atoms with Crippen LogP contribution >= 0.6 is 11.3 Å². The van der Waals surface area contributed by atoms with E-state index < -0.39 is 5.92 Å². The maximum absolute atomic E-state index is 10.4. The molecule has 0 spiro atoms. The number of allylic oxidation sites excluding steroid dienone is 1. The number of hydrogen-bond acceptors (Lipinski definition) is 6. The molecule has 1 atom stereocenters. The maximum Gasteiger partial charge on any atom is 0.244 e. The molecule has 3 N–H and O–H groups in total. The smallest absolute Gasteiger partial charge is 0.244 e. The van der Waals surface area contributed by atoms with Gasteiger partial charge in [-0.1, -0.05) is 24.3 Å². The highest BCUT2D eigenvalue weighted by Gasteiger charge is 2.54. The van der Waals surface area contributed by atoms with Gasteiger partial charge in [0.05, 0.1) is 33.4 Å². The Labute approximate surface area is 224 Å². The fourth-order valence-corrected chi connectivity index (χ4v) is 9.02. The fourth-order valence-electron chi connectivity index (χ4n) is 8.29. The van der Waals surface area contributed by atoms with Gasteiger partial charge in [0.25, 0.3) is 0 Å². The van der Waals surface area contributed by atoms with Crippen LogP contribution in [0.25, 0.3) is 16.3 Å². The van der Waals surface area contributed by atoms with Gasteiger partial charge in [-0.15, -0.1) is 16.4 Å². The topological polar surface area (TPSA) is 106 Å². The molecule has 38 heavy (non-hydrogen) atoms. The molecule has 4 bridgehead atoms. The van der Waals surface area contributed by atoms with Crippen molar-refractivity contribution in [3.05, 3.63) is 82.3 Å². The van der Waals surface area contributed by atoms with Crippen LogP contribution in [0.4, 0.5) is 0 Å². The van der Waals surface area contributed by atoms with E-state index in [1.165, 1.54) is 38.5 Å². The lowest BCUT2D eigenvalue weighted by molar-refractivity contribution is -0.00777. The molecule has 8 heteroatoms. The molecule has 190 valence electrons. The number of thiophene rings is 1. The number of H-pyrrole nitrogens is 1. The molecule has 7 nitrogen and oxygen atoms in total. The number of nitrogens with zero attached hydrogens (tertiary/aromatic N) is 4. The number of aromatic nitrogens is 4. The van der Waals surface area contributed by atoms with Gasteiger partial charge in [0.2, 0.25) is 11.8 Å². The summed E-state index contributed by atoms with van der Waals surface area (Å²) in [5.41, 5.74) is 11.8. The van der Waals surface area contributed by atoms with E-state index in [0.717, 1.165) is 50.8 Å². The molecule has 0 radical (unpaired) electrons. The quantitative estimate of drug-likeness (QED) is 0.343. The Bertz CT molecular complexity index is 1570. The molecule has 1 aromatic carbocycles. The summed E-state index contributed by atoms with van der Waals surface area (Å²) >= 11 is 1.64. The zero-order valence-electron chi connectivity index (χ0n) is 20.9. The van der Waals surface area contributed by atoms with Gasteiger partial charge in [-0.3, -0.25) is 5.10 Å². The Kier molecular flexibility index (Phi) is 4.72. The Balaban J connectivity index is 1.38. The summed E-state index contributed by atoms with van der Waals surface area (Å²) in [5.74, 6) is 2.48. The van der Waals surface area contributed by atoms with E-state index in [9.17, 15) is 5.26 Å². The lowest BCUT2D eigenvalue weighted by Crippen LogP contribution is -2.49. The van der Waals surface area contributed by atoms with Gasteiger partial charge in [-0.25, -0.2) is 4.68 Å². The van der Waals surface area contributed by atoms with Crippen molar-refractivity contribution in [2.75, 3.05) is 0 Å². The van der Waals surface area contributed by atoms with Crippen molar-refractivity contribution in [3.63, 3.8) is 0 Å². The van der Waals surface area contributed by atoms with E-state index in [-0.39, 0.29) is 11.3 Å². The van der Waals surface area contributed by atoms with Crippen LogP contribution in [0.5, 0.6) is 5.88 Å². The average molecular weight is 521 g/mol. The van der Waals surface area contributed by atoms with E-state index in [4.69, 9.17) is 15.6 Å². The molecular weight excluding hydrogens is 492 g/mol. The van der Waals surface area contributed by atoms with Crippen molar-refractivity contribution >= 4 is 11.3 Å². The van der Waals surface area contributed by atoms with Gasteiger partial charge in [0, 0.05) is 17.2 Å². The molecule has 1 aliphatic heterocycles. The van der Waals surface area contributed by atoms with Crippen LogP contribution in [0.15, 0.2) is 65.5 Å². The second-order valence-electron chi connectivity index (χ2n) is 11.6. The van der Waals surface area contributed by atoms with E-state index in [2.05, 4.69) is 40.7 Å². The second kappa shape index (κ2) is 8.08. The number of nitrogens with one attached hydrogen (secondary N) is 1. The third-order valence-electron chi connectivity index (χ3n) is 9.32. The van der Waals surface area contributed by atoms with Crippen LogP contribution < -0.4 is 10.5 Å². The van der Waals surface area contributed by atoms with Gasteiger partial charge < -0.3 is 10.5 Å². The van der Waals surface area contributed by atoms with Gasteiger partial charge in [0.15, 0.2) is 0 Å². The van der Waals surface area contributed by atoms with Crippen LogP contribution in [-0.4, -0.2) is 20.0 Å². The standard InChI is InChI=1S/C30H28N6OS/c31-15-21-24(25-26(23-7-4-8-38-23)33-34-29(25)37-28(21)32)22-16-36(20-5-2-1-3-6-20)35-27(22)30-12-17-9-18(13-30)11-19(10-17)14-30/h1-8,16-19,24H,9-14,32H2,(H,33,34)/t17?,18?,19?,24-,30?/m0/s1. The molecule has 3 aromatic heterocycles. The normalized spacial score (nSPS) is 29.2. The fraction of sp³-hybridized carbons (Fsp3) is 0.367. The summed E-state index contributed by atoms with van der Waals surface area (Å²) in [6.45, 7) is 0. The number of rotatable bonds is 4. The van der Waals surface area contributed by atoms with Crippen LogP contribution in [-0.2, 0) is 5.41 Å². The number of para-hydroxylation sites is 1. The minimum Gasteiger partial charge on any atom is -0.420 e. The van der Waals surface area contributed by atoms with Crippen LogP contribution in [0.3, 0.4) is 0 Å². The molecular formula is C30H28N6OS. The largest absolute Gasteiger partial charge is 0.420 e. The Morgan fingerprint density at radius 2 is 1.79 bits per heavy atom. The molecule has 4 saturated carbocycles. The molecule has 4 aromatic rings. The van der Waals surface area contributed by atoms with E-state index >= 15 is 0 Å². The zero-order valence-corrected chi connectivity index (χ0v) is 21.7. The number of hydrogen-bond donors (Lipinski definition) is 2. The van der Waals surface area contributed by atoms with Gasteiger partial charge >= 0.3 is 0 Å². The lowest BCUT2D eigenvalue weighted by Gasteiger charge is -2.56. The van der Waals surface area contributed by atoms with Gasteiger partial charge in [-0.2, -0.15) is 10.4 Å². The van der Waals surface area contributed by atoms with Crippen molar-refractivity contribution in [2.24, 2.45) is 23.5 Å². The van der Waals surface area contributed by atoms with E-state index in [1.54, 1.807) is 11.3 Å². The molecule has 0 amide bonds. The highest BCUT2D eigenvalue weighted by atomic mass is 32.1. The van der Waals surface area contributed by atoms with E-state index in [1.807, 2.05) is 34.3 Å². The van der Waals surface area contributed by atoms with Crippen molar-refractivity contribution in [3.8, 4) is 28.2 Å². The first-order valence-corrected chi connectivity index (χ1v) is 14.3. The molecule has 0 saturated heterocycles. The van der Waals surface area contributed by atoms with Crippen LogP contribution in [0, 0.1) is 29.1 Å². The minimum absolute atomic E-state index is 0.0325. The van der Waals surface area contributed by atoms with Crippen molar-refractivity contribution in [1.29, 1.82) is 5.26 Å². The average Bonchev–Trinajstić information content (AvgIpc) is 3.67. The molecule has 0 unspecified atom stereocenters. The first-order chi connectivity index (χ1) is 18.6. The molecule has 4 fully saturated rings. The number of fused-ring (bicyclic) bond motifs is 1. The number of ether oxygens (including phenoxy) is 1. The predicted molar refractivity (Wildman–Crippen MR) is 145 cm³/mol. The highest BCUT2D eigenvalue weighted by Crippen LogP contribution is 2.62. The summed E-state index contributed by atoms with van der Waals surface area (Å²) in [7, 11) is 0. The zero-order chi connectivity index (χ0) is 25.4. The summed E-state index contributed by atoms with van der Waals surface area (Å²) in [6, 6.07) is 16.8. The molecule has 4 heterocycles. The number of benzene rings is 1. The monoisotopic (exact) mass is 520 g/mol. The third-order valence-corrected chi connectivity index (χ3v) is 10.2. The number of nitrogens with two attached hydrogens (primary N) is 1. The molecule has 5 aliphatic rings. The van der Waals surface area contributed by atoms with Crippen molar-refractivity contribution < 1.29 is 4.74 Å². The summed E-state index contributed by atoms with van der Waals surface area (Å²) in [5, 5.41) is 25.5. The van der Waals surface area contributed by atoms with Gasteiger partial charge in [-0.05, 0) is 79.9 Å². The van der Waals surface area contributed by atoms with Crippen molar-refractivity contribution in [2.45, 2.75) is 49.9 Å². The first-order valence-electron chi connectivity index (χ1n) is 13.5. The molecule has 9 rings (SSSR count). The number of aromatic amines is 1. The minimum atomic E-state index is -0.403. The lowest BCUT2D eigenvalue weighted by atomic mass is 9.48. The number of nitriles is 1. The molecule has 4 aliphatic carbocycles. The SMILES string of the molecule is N#CC1=C(N)Oc2n[nH]c(-c3cccs3)c2[C@@H]1c1cn(-c2ccccc2)nc1C12CC3CC(CC(C3)C1)C2. The maximum atomic E-state index is 10.4. The van der Waals surface area contributed by atoms with Crippen molar-refractivity contribution in [1.82, 2.24) is 20.0 Å². The Morgan fingerprint density at radius 3 is 2.45 bits per heavy atom. The van der Waals surface area contributed by atoms with Gasteiger partial charge in [0.1, 0.15) is 11.6 Å². The third kappa shape index (κ3) is 3.18. The second-order valence-corrected chi connectivity index (χ2v) is 12.6. The Morgan fingerprint density at radius 1 is 1.05 bits per heavy atom. The van der Waals surface area contributed by atoms with Crippen LogP contribution in [0.1, 0.15) is 61.3 Å². The first kappa shape index (κ1) is 22.2. The Hall–Kier alpha value is -3.83. The summed E-state index contributed by atoms with van der Waals surface area (Å²) in [6.07, 6.45) is 9.75. The summed E-state index contributed by atoms with van der Waals surface area (Å²) in [4.78, 5) is 1.05. The predicted octanol–water partition coefficient (Wildman–Crippen LogP) is 6.01. The van der Waals surface area contributed by atoms with Crippen LogP contribution in [0.2, 0.25) is 0 Å². The summed E-state index contributed by atoms with van der Waals surface area (Å²) < 4.78 is 7.92. The van der Waals surface area contributed by atoms with E-state index in [0.29, 0.717) is 11.5 Å². The highest BCUT2D eigenvalue weighted by molar-refractivity contribution is 7.13.